The molecular weight excluding hydrogens is 469 g/mol. The van der Waals surface area contributed by atoms with Crippen LogP contribution in [0.4, 0.5) is 0 Å². The number of aliphatic hydroxyl groups excluding tert-OH is 1. The summed E-state index contributed by atoms with van der Waals surface area (Å²) in [5.41, 5.74) is 2.17. The fourth-order valence-corrected chi connectivity index (χ4v) is 8.72. The van der Waals surface area contributed by atoms with Crippen LogP contribution in [0.5, 0.6) is 11.5 Å². The van der Waals surface area contributed by atoms with Crippen LogP contribution in [0, 0.1) is 13.8 Å². The van der Waals surface area contributed by atoms with Crippen molar-refractivity contribution in [3.8, 4) is 11.5 Å². The van der Waals surface area contributed by atoms with E-state index in [2.05, 4.69) is 4.98 Å². The molecule has 3 rings (SSSR count). The molecule has 0 bridgehead atoms. The van der Waals surface area contributed by atoms with Crippen molar-refractivity contribution < 1.29 is 28.7 Å². The summed E-state index contributed by atoms with van der Waals surface area (Å²) in [4.78, 5) is 16.6. The molecule has 1 heterocycles. The minimum absolute atomic E-state index is 0.0963. The van der Waals surface area contributed by atoms with E-state index in [4.69, 9.17) is 18.8 Å². The van der Waals surface area contributed by atoms with Gasteiger partial charge in [-0.15, -0.1) is 11.3 Å². The summed E-state index contributed by atoms with van der Waals surface area (Å²) in [7, 11) is 2.08. The third-order valence-electron chi connectivity index (χ3n) is 5.47. The number of carboxylic acids is 1. The van der Waals surface area contributed by atoms with Crippen LogP contribution in [-0.4, -0.2) is 41.5 Å². The fourth-order valence-electron chi connectivity index (χ4n) is 3.67. The van der Waals surface area contributed by atoms with Crippen LogP contribution in [0.2, 0.25) is 0 Å². The molecule has 1 aliphatic carbocycles. The van der Waals surface area contributed by atoms with E-state index in [1.54, 1.807) is 14.2 Å². The van der Waals surface area contributed by atoms with Crippen LogP contribution < -0.4 is 9.47 Å². The number of carbonyl (C=O) groups is 1. The maximum Gasteiger partial charge on any atom is 0.309 e. The van der Waals surface area contributed by atoms with Crippen molar-refractivity contribution in [1.82, 2.24) is 4.98 Å². The number of hydrogen-bond donors (Lipinski definition) is 2. The number of rotatable bonds is 11. The number of hydrogen-bond acceptors (Lipinski definition) is 8. The molecule has 1 aromatic heterocycles. The minimum atomic E-state index is -1.12. The van der Waals surface area contributed by atoms with Crippen LogP contribution >= 0.6 is 30.1 Å². The molecule has 1 aromatic carbocycles. The predicted octanol–water partition coefficient (Wildman–Crippen LogP) is 5.60. The molecule has 2 aromatic rings. The number of benzene rings is 1. The molecule has 2 unspecified atom stereocenters. The molecule has 0 spiro atoms. The zero-order valence-electron chi connectivity index (χ0n) is 18.8. The van der Waals surface area contributed by atoms with Crippen LogP contribution in [0.15, 0.2) is 12.1 Å². The molecule has 32 heavy (non-hydrogen) atoms. The number of aromatic nitrogens is 1. The largest absolute Gasteiger partial charge is 0.496 e. The van der Waals surface area contributed by atoms with Gasteiger partial charge in [0, 0.05) is 35.4 Å². The Balaban J connectivity index is 1.85. The molecule has 1 fully saturated rings. The van der Waals surface area contributed by atoms with Gasteiger partial charge in [0.05, 0.1) is 37.4 Å². The van der Waals surface area contributed by atoms with Crippen molar-refractivity contribution in [2.24, 2.45) is 0 Å². The summed E-state index contributed by atoms with van der Waals surface area (Å²) in [5, 5.41) is 21.3. The number of carboxylic acid groups (broad SMARTS) is 1. The zero-order chi connectivity index (χ0) is 23.3. The van der Waals surface area contributed by atoms with E-state index in [0.29, 0.717) is 28.9 Å². The SMILES string of the molecule is COc1cc(C(O)P(Cc2nc(CC(=O)O)c(C)s2)SOC2CCCC2)cc(OC)c1C. The number of methoxy groups -OCH3 is 2. The molecule has 0 amide bonds. The Morgan fingerprint density at radius 3 is 2.44 bits per heavy atom. The summed E-state index contributed by atoms with van der Waals surface area (Å²) in [6.07, 6.45) is 5.05. The molecule has 2 N–H and O–H groups in total. The number of aliphatic hydroxyl groups is 1. The molecule has 1 saturated carbocycles. The van der Waals surface area contributed by atoms with Gasteiger partial charge in [-0.05, 0) is 44.4 Å². The van der Waals surface area contributed by atoms with Crippen molar-refractivity contribution >= 4 is 36.1 Å². The average Bonchev–Trinajstić information content (AvgIpc) is 3.40. The molecule has 176 valence electrons. The number of aliphatic carboxylic acids is 1. The fraction of sp³-hybridized carbons (Fsp3) is 0.545. The van der Waals surface area contributed by atoms with Crippen LogP contribution in [0.1, 0.15) is 58.2 Å². The lowest BCUT2D eigenvalue weighted by Gasteiger charge is -2.24. The molecule has 0 aliphatic heterocycles. The van der Waals surface area contributed by atoms with Gasteiger partial charge >= 0.3 is 5.97 Å². The second kappa shape index (κ2) is 11.7. The van der Waals surface area contributed by atoms with Gasteiger partial charge in [-0.3, -0.25) is 4.79 Å². The Bertz CT molecular complexity index is 906. The lowest BCUT2D eigenvalue weighted by atomic mass is 10.1. The maximum atomic E-state index is 11.4. The van der Waals surface area contributed by atoms with Gasteiger partial charge in [-0.2, -0.15) is 0 Å². The molecule has 10 heteroatoms. The van der Waals surface area contributed by atoms with Gasteiger partial charge in [0.15, 0.2) is 0 Å². The van der Waals surface area contributed by atoms with Crippen LogP contribution in [0.3, 0.4) is 0 Å². The minimum Gasteiger partial charge on any atom is -0.496 e. The normalized spacial score (nSPS) is 16.2. The van der Waals surface area contributed by atoms with Gasteiger partial charge in [0.1, 0.15) is 17.3 Å². The summed E-state index contributed by atoms with van der Waals surface area (Å²) in [5.74, 6) is -0.371. The number of ether oxygens (including phenoxy) is 2. The lowest BCUT2D eigenvalue weighted by Crippen LogP contribution is -2.04. The lowest BCUT2D eigenvalue weighted by molar-refractivity contribution is -0.136. The smallest absolute Gasteiger partial charge is 0.309 e. The average molecular weight is 500 g/mol. The van der Waals surface area contributed by atoms with Gasteiger partial charge in [0.25, 0.3) is 0 Å². The van der Waals surface area contributed by atoms with Crippen molar-refractivity contribution in [1.29, 1.82) is 0 Å². The summed E-state index contributed by atoms with van der Waals surface area (Å²) in [6.45, 7) is 3.80. The Kier molecular flexibility index (Phi) is 9.20. The molecule has 1 aliphatic rings. The van der Waals surface area contributed by atoms with E-state index < -0.39 is 18.9 Å². The summed E-state index contributed by atoms with van der Waals surface area (Å²) >= 11 is 2.85. The van der Waals surface area contributed by atoms with Crippen molar-refractivity contribution in [2.75, 3.05) is 14.2 Å². The number of nitrogens with zero attached hydrogens (tertiary/aromatic N) is 1. The summed E-state index contributed by atoms with van der Waals surface area (Å²) in [6, 6.07) is 3.69. The Morgan fingerprint density at radius 1 is 1.25 bits per heavy atom. The molecule has 2 atom stereocenters. The molecular formula is C22H30NO6PS2. The first-order valence-corrected chi connectivity index (χ1v) is 14.3. The third-order valence-corrected chi connectivity index (χ3v) is 10.5. The zero-order valence-corrected chi connectivity index (χ0v) is 21.3. The van der Waals surface area contributed by atoms with Crippen molar-refractivity contribution in [3.63, 3.8) is 0 Å². The second-order valence-corrected chi connectivity index (χ2v) is 12.9. The van der Waals surface area contributed by atoms with Crippen LogP contribution in [-0.2, 0) is 21.6 Å². The predicted molar refractivity (Wildman–Crippen MR) is 129 cm³/mol. The third kappa shape index (κ3) is 6.35. The Morgan fingerprint density at radius 2 is 1.88 bits per heavy atom. The highest BCUT2D eigenvalue weighted by atomic mass is 32.7. The van der Waals surface area contributed by atoms with E-state index in [9.17, 15) is 9.90 Å². The van der Waals surface area contributed by atoms with Crippen molar-refractivity contribution in [2.45, 2.75) is 64.1 Å². The maximum absolute atomic E-state index is 11.4. The van der Waals surface area contributed by atoms with E-state index in [0.717, 1.165) is 28.3 Å². The first-order chi connectivity index (χ1) is 15.3. The number of aryl methyl sites for hydroxylation is 1. The van der Waals surface area contributed by atoms with Gasteiger partial charge < -0.3 is 23.9 Å². The monoisotopic (exact) mass is 499 g/mol. The summed E-state index contributed by atoms with van der Waals surface area (Å²) < 4.78 is 17.1. The van der Waals surface area contributed by atoms with E-state index >= 15 is 0 Å². The highest BCUT2D eigenvalue weighted by Gasteiger charge is 2.28. The van der Waals surface area contributed by atoms with E-state index in [1.165, 1.54) is 35.8 Å². The molecule has 7 nitrogen and oxygen atoms in total. The molecule has 0 saturated heterocycles. The van der Waals surface area contributed by atoms with Gasteiger partial charge in [-0.25, -0.2) is 4.98 Å². The Labute approximate surface area is 198 Å². The first kappa shape index (κ1) is 25.2. The van der Waals surface area contributed by atoms with Gasteiger partial charge in [-0.1, -0.05) is 12.8 Å². The van der Waals surface area contributed by atoms with Gasteiger partial charge in [0.2, 0.25) is 0 Å². The quantitative estimate of drug-likeness (QED) is 0.305. The second-order valence-electron chi connectivity index (χ2n) is 7.76. The standard InChI is InChI=1S/C22H30NO6PS2/c1-13-18(27-3)9-15(10-19(13)28-4)22(26)30(32-29-16-7-5-6-8-16)12-20-23-17(11-21(24)25)14(2)31-20/h9-10,16,22,26H,5-8,11-12H2,1-4H3,(H,24,25). The number of thiazole rings is 1. The van der Waals surface area contributed by atoms with E-state index in [1.807, 2.05) is 26.0 Å². The molecule has 0 radical (unpaired) electrons. The van der Waals surface area contributed by atoms with E-state index in [-0.39, 0.29) is 12.5 Å². The first-order valence-electron chi connectivity index (χ1n) is 10.5. The topological polar surface area (TPSA) is 98.1 Å². The van der Waals surface area contributed by atoms with Crippen LogP contribution in [0.25, 0.3) is 0 Å². The van der Waals surface area contributed by atoms with Crippen molar-refractivity contribution in [3.05, 3.63) is 38.8 Å². The highest BCUT2D eigenvalue weighted by molar-refractivity contribution is 8.53. The Hall–Kier alpha value is -1.38. The highest BCUT2D eigenvalue weighted by Crippen LogP contribution is 2.64.